The Morgan fingerprint density at radius 1 is 1.43 bits per heavy atom. The predicted octanol–water partition coefficient (Wildman–Crippen LogP) is -0.341. The number of hydrogen-bond donors (Lipinski definition) is 3. The molecule has 2 nitrogen and oxygen atoms in total. The van der Waals surface area contributed by atoms with Crippen LogP contribution in [0.4, 0.5) is 0 Å². The maximum atomic E-state index is 8.36. The second kappa shape index (κ2) is 2.55. The zero-order chi connectivity index (χ0) is 5.91. The fourth-order valence-electron chi connectivity index (χ4n) is 0.0500. The van der Waals surface area contributed by atoms with Crippen molar-refractivity contribution < 1.29 is 10.2 Å². The third-order valence-corrected chi connectivity index (χ3v) is 0.964. The molecule has 0 saturated carbocycles. The molecule has 0 atom stereocenters. The van der Waals surface area contributed by atoms with Crippen molar-refractivity contribution in [2.24, 2.45) is 0 Å². The Balaban J connectivity index is 3.36. The van der Waals surface area contributed by atoms with E-state index in [-0.39, 0.29) is 13.2 Å². The van der Waals surface area contributed by atoms with E-state index >= 15 is 0 Å². The van der Waals surface area contributed by atoms with Gasteiger partial charge in [0.05, 0.1) is 18.0 Å². The van der Waals surface area contributed by atoms with Crippen LogP contribution in [0, 0.1) is 0 Å². The summed E-state index contributed by atoms with van der Waals surface area (Å²) in [6, 6.07) is 0. The Hall–Kier alpha value is 0.270. The van der Waals surface area contributed by atoms with Gasteiger partial charge < -0.3 is 10.2 Å². The van der Waals surface area contributed by atoms with Gasteiger partial charge in [-0.25, -0.2) is 0 Å². The van der Waals surface area contributed by atoms with Gasteiger partial charge in [-0.05, 0) is 6.92 Å². The molecule has 0 aromatic carbocycles. The molecule has 0 saturated heterocycles. The lowest BCUT2D eigenvalue weighted by atomic mass is 10.2. The van der Waals surface area contributed by atoms with Crippen molar-refractivity contribution in [2.75, 3.05) is 13.2 Å². The van der Waals surface area contributed by atoms with Crippen molar-refractivity contribution in [1.29, 1.82) is 0 Å². The van der Waals surface area contributed by atoms with Crippen LogP contribution in [0.2, 0.25) is 0 Å². The molecule has 0 aliphatic heterocycles. The highest BCUT2D eigenvalue weighted by Gasteiger charge is 2.14. The normalized spacial score (nSPS) is 12.0. The highest BCUT2D eigenvalue weighted by atomic mass is 32.1. The summed E-state index contributed by atoms with van der Waals surface area (Å²) in [4.78, 5) is 0. The van der Waals surface area contributed by atoms with E-state index in [1.165, 1.54) is 0 Å². The van der Waals surface area contributed by atoms with E-state index in [1.807, 2.05) is 0 Å². The smallest absolute Gasteiger partial charge is 0.0595 e. The third-order valence-electron chi connectivity index (χ3n) is 0.681. The summed E-state index contributed by atoms with van der Waals surface area (Å²) in [7, 11) is 0. The van der Waals surface area contributed by atoms with E-state index in [4.69, 9.17) is 10.2 Å². The van der Waals surface area contributed by atoms with Gasteiger partial charge in [0.1, 0.15) is 0 Å². The second-order valence-corrected chi connectivity index (χ2v) is 2.89. The molecule has 7 heavy (non-hydrogen) atoms. The maximum Gasteiger partial charge on any atom is 0.0595 e. The van der Waals surface area contributed by atoms with Crippen LogP contribution in [0.15, 0.2) is 0 Å². The summed E-state index contributed by atoms with van der Waals surface area (Å²) in [5, 5.41) is 16.7. The van der Waals surface area contributed by atoms with Gasteiger partial charge in [0.2, 0.25) is 0 Å². The van der Waals surface area contributed by atoms with E-state index in [2.05, 4.69) is 12.6 Å². The number of thiol groups is 1. The van der Waals surface area contributed by atoms with Crippen molar-refractivity contribution in [3.63, 3.8) is 0 Å². The minimum absolute atomic E-state index is 0.0907. The van der Waals surface area contributed by atoms with Crippen molar-refractivity contribution in [3.05, 3.63) is 0 Å². The molecule has 2 N–H and O–H groups in total. The first-order valence-electron chi connectivity index (χ1n) is 2.06. The first kappa shape index (κ1) is 7.27. The van der Waals surface area contributed by atoms with Gasteiger partial charge in [-0.1, -0.05) is 0 Å². The summed E-state index contributed by atoms with van der Waals surface area (Å²) in [5.74, 6) is 0. The van der Waals surface area contributed by atoms with Crippen molar-refractivity contribution >= 4 is 12.6 Å². The average molecular weight is 122 g/mol. The second-order valence-electron chi connectivity index (χ2n) is 1.81. The Kier molecular flexibility index (Phi) is 2.64. The summed E-state index contributed by atoms with van der Waals surface area (Å²) >= 11 is 3.89. The Labute approximate surface area is 48.6 Å². The topological polar surface area (TPSA) is 40.5 Å². The summed E-state index contributed by atoms with van der Waals surface area (Å²) in [6.45, 7) is 1.48. The highest BCUT2D eigenvalue weighted by molar-refractivity contribution is 7.81. The Morgan fingerprint density at radius 3 is 1.71 bits per heavy atom. The Bertz CT molecular complexity index is 47.7. The third kappa shape index (κ3) is 2.91. The molecule has 0 aliphatic carbocycles. The van der Waals surface area contributed by atoms with Crippen LogP contribution < -0.4 is 0 Å². The number of aliphatic hydroxyl groups is 2. The molecule has 0 aliphatic rings. The number of rotatable bonds is 2. The van der Waals surface area contributed by atoms with Crippen LogP contribution in [0.5, 0.6) is 0 Å². The van der Waals surface area contributed by atoms with Crippen LogP contribution in [0.1, 0.15) is 6.92 Å². The number of hydrogen-bond acceptors (Lipinski definition) is 3. The first-order valence-corrected chi connectivity index (χ1v) is 2.51. The van der Waals surface area contributed by atoms with Crippen LogP contribution in [0.3, 0.4) is 0 Å². The molecular formula is C4H10O2S. The van der Waals surface area contributed by atoms with Crippen LogP contribution in [-0.2, 0) is 0 Å². The molecule has 0 amide bonds. The molecule has 3 heteroatoms. The molecular weight excluding hydrogens is 112 g/mol. The Morgan fingerprint density at radius 2 is 1.71 bits per heavy atom. The molecule has 0 aromatic heterocycles. The molecule has 0 bridgehead atoms. The monoisotopic (exact) mass is 122 g/mol. The lowest BCUT2D eigenvalue weighted by Gasteiger charge is -2.15. The van der Waals surface area contributed by atoms with Gasteiger partial charge in [0.15, 0.2) is 0 Å². The molecule has 0 radical (unpaired) electrons. The van der Waals surface area contributed by atoms with E-state index in [9.17, 15) is 0 Å². The van der Waals surface area contributed by atoms with Gasteiger partial charge in [-0.3, -0.25) is 0 Å². The summed E-state index contributed by atoms with van der Waals surface area (Å²) in [6.07, 6.45) is 0. The molecule has 0 spiro atoms. The van der Waals surface area contributed by atoms with Gasteiger partial charge in [0.25, 0.3) is 0 Å². The fraction of sp³-hybridized carbons (Fsp3) is 1.00. The van der Waals surface area contributed by atoms with E-state index in [1.54, 1.807) is 6.92 Å². The highest BCUT2D eigenvalue weighted by Crippen LogP contribution is 2.08. The van der Waals surface area contributed by atoms with Gasteiger partial charge >= 0.3 is 0 Å². The molecule has 0 aromatic rings. The van der Waals surface area contributed by atoms with Crippen molar-refractivity contribution in [3.8, 4) is 0 Å². The molecule has 0 unspecified atom stereocenters. The van der Waals surface area contributed by atoms with Crippen molar-refractivity contribution in [1.82, 2.24) is 0 Å². The minimum atomic E-state index is -0.611. The molecule has 0 rings (SSSR count). The van der Waals surface area contributed by atoms with Gasteiger partial charge in [-0.15, -0.1) is 0 Å². The van der Waals surface area contributed by atoms with E-state index in [0.29, 0.717) is 0 Å². The first-order chi connectivity index (χ1) is 3.12. The van der Waals surface area contributed by atoms with Crippen LogP contribution >= 0.6 is 12.6 Å². The lowest BCUT2D eigenvalue weighted by Crippen LogP contribution is -2.26. The van der Waals surface area contributed by atoms with E-state index < -0.39 is 4.75 Å². The van der Waals surface area contributed by atoms with E-state index in [0.717, 1.165) is 0 Å². The molecule has 0 fully saturated rings. The zero-order valence-electron chi connectivity index (χ0n) is 4.26. The maximum absolute atomic E-state index is 8.36. The zero-order valence-corrected chi connectivity index (χ0v) is 5.15. The largest absolute Gasteiger partial charge is 0.395 e. The summed E-state index contributed by atoms with van der Waals surface area (Å²) in [5.41, 5.74) is 0. The SMILES string of the molecule is CC(S)(CO)CO. The predicted molar refractivity (Wildman–Crippen MR) is 31.6 cm³/mol. The van der Waals surface area contributed by atoms with Gasteiger partial charge in [0, 0.05) is 0 Å². The van der Waals surface area contributed by atoms with Crippen LogP contribution in [-0.4, -0.2) is 28.2 Å². The minimum Gasteiger partial charge on any atom is -0.395 e. The standard InChI is InChI=1S/C4H10O2S/c1-4(7,2-5)3-6/h5-7H,2-3H2,1H3. The quantitative estimate of drug-likeness (QED) is 0.438. The summed E-state index contributed by atoms with van der Waals surface area (Å²) < 4.78 is -0.611. The molecule has 44 valence electrons. The van der Waals surface area contributed by atoms with Gasteiger partial charge in [-0.2, -0.15) is 12.6 Å². The molecule has 0 heterocycles. The number of aliphatic hydroxyl groups excluding tert-OH is 2. The fourth-order valence-corrected chi connectivity index (χ4v) is 0.0500. The van der Waals surface area contributed by atoms with Crippen molar-refractivity contribution in [2.45, 2.75) is 11.7 Å². The average Bonchev–Trinajstić information content (AvgIpc) is 1.68. The van der Waals surface area contributed by atoms with Crippen LogP contribution in [0.25, 0.3) is 0 Å². The lowest BCUT2D eigenvalue weighted by molar-refractivity contribution is 0.184.